The Labute approximate surface area is 190 Å². The minimum atomic E-state index is -4.60. The highest BCUT2D eigenvalue weighted by atomic mass is 35.5. The first-order chi connectivity index (χ1) is 15.7. The quantitative estimate of drug-likeness (QED) is 0.433. The van der Waals surface area contributed by atoms with Crippen LogP contribution in [-0.4, -0.2) is 21.5 Å². The van der Waals surface area contributed by atoms with Crippen molar-refractivity contribution in [2.45, 2.75) is 6.18 Å². The number of fused-ring (bicyclic) bond motifs is 2. The molecule has 0 unspecified atom stereocenters. The lowest BCUT2D eigenvalue weighted by atomic mass is 9.95. The van der Waals surface area contributed by atoms with Crippen LogP contribution >= 0.6 is 11.6 Å². The van der Waals surface area contributed by atoms with Crippen molar-refractivity contribution < 1.29 is 13.2 Å². The van der Waals surface area contributed by atoms with Crippen LogP contribution in [-0.2, 0) is 6.18 Å². The number of halogens is 4. The molecular weight excluding hydrogens is 455 g/mol. The van der Waals surface area contributed by atoms with Crippen molar-refractivity contribution in [1.82, 2.24) is 15.0 Å². The van der Waals surface area contributed by atoms with Crippen molar-refractivity contribution >= 4 is 45.4 Å². The number of hydrogen-bond donors (Lipinski definition) is 2. The number of aromatic nitrogens is 3. The van der Waals surface area contributed by atoms with E-state index in [-0.39, 0.29) is 17.9 Å². The summed E-state index contributed by atoms with van der Waals surface area (Å²) in [4.78, 5) is 24.0. The highest BCUT2D eigenvalue weighted by Gasteiger charge is 2.35. The molecule has 4 aromatic rings. The van der Waals surface area contributed by atoms with Crippen LogP contribution in [0.5, 0.6) is 0 Å². The highest BCUT2D eigenvalue weighted by molar-refractivity contribution is 6.30. The van der Waals surface area contributed by atoms with Crippen molar-refractivity contribution in [3.63, 3.8) is 0 Å². The van der Waals surface area contributed by atoms with Gasteiger partial charge in [-0.2, -0.15) is 13.2 Å². The first-order valence-corrected chi connectivity index (χ1v) is 10.2. The second-order valence-corrected chi connectivity index (χ2v) is 7.94. The van der Waals surface area contributed by atoms with E-state index in [0.29, 0.717) is 38.6 Å². The largest absolute Gasteiger partial charge is 0.433 e. The zero-order chi connectivity index (χ0) is 23.3. The van der Waals surface area contributed by atoms with Crippen LogP contribution < -0.4 is 16.2 Å². The number of hydrogen-bond acceptors (Lipinski definition) is 5. The molecule has 0 aliphatic carbocycles. The van der Waals surface area contributed by atoms with Gasteiger partial charge >= 0.3 is 6.18 Å². The van der Waals surface area contributed by atoms with Crippen LogP contribution in [0.25, 0.3) is 22.3 Å². The van der Waals surface area contributed by atoms with Crippen LogP contribution in [0.1, 0.15) is 16.8 Å². The molecule has 166 valence electrons. The smallest absolute Gasteiger partial charge is 0.398 e. The van der Waals surface area contributed by atoms with Crippen molar-refractivity contribution in [3.05, 3.63) is 93.0 Å². The molecule has 0 fully saturated rings. The van der Waals surface area contributed by atoms with Gasteiger partial charge in [-0.25, -0.2) is 9.97 Å². The Bertz CT molecular complexity index is 1480. The number of pyridine rings is 1. The summed E-state index contributed by atoms with van der Waals surface area (Å²) >= 11 is 6.01. The fourth-order valence-electron chi connectivity index (χ4n) is 3.81. The Hall–Kier alpha value is -3.85. The topological polar surface area (TPSA) is 87.9 Å². The average molecular weight is 470 g/mol. The predicted molar refractivity (Wildman–Crippen MR) is 121 cm³/mol. The van der Waals surface area contributed by atoms with Gasteiger partial charge in [0, 0.05) is 27.5 Å². The zero-order valence-corrected chi connectivity index (χ0v) is 17.6. The molecule has 3 N–H and O–H groups in total. The highest BCUT2D eigenvalue weighted by Crippen LogP contribution is 2.41. The summed E-state index contributed by atoms with van der Waals surface area (Å²) in [5.41, 5.74) is 8.97. The standard InChI is InChI=1S/C23H15ClF3N5O/c24-13-2-4-14(5-3-13)32-11-16(12-1-7-17-18(9-12)29-10-20(33)30-17)21(28)15-6-8-19(23(25,26)27)31-22(15)32/h1-10H,11,28H2,(H,30,33). The minimum Gasteiger partial charge on any atom is -0.398 e. The van der Waals surface area contributed by atoms with Gasteiger partial charge in [0.15, 0.2) is 0 Å². The van der Waals surface area contributed by atoms with Gasteiger partial charge in [0.05, 0.1) is 23.8 Å². The van der Waals surface area contributed by atoms with E-state index >= 15 is 0 Å². The number of benzene rings is 2. The lowest BCUT2D eigenvalue weighted by Crippen LogP contribution is -2.29. The van der Waals surface area contributed by atoms with Gasteiger partial charge in [-0.15, -0.1) is 0 Å². The van der Waals surface area contributed by atoms with E-state index in [0.717, 1.165) is 11.6 Å². The lowest BCUT2D eigenvalue weighted by Gasteiger charge is -2.33. The number of nitrogens with two attached hydrogens (primary N) is 1. The minimum absolute atomic E-state index is 0.108. The first kappa shape index (κ1) is 21.0. The maximum absolute atomic E-state index is 13.4. The first-order valence-electron chi connectivity index (χ1n) is 9.80. The van der Waals surface area contributed by atoms with E-state index < -0.39 is 11.9 Å². The summed E-state index contributed by atoms with van der Waals surface area (Å²) < 4.78 is 40.1. The van der Waals surface area contributed by atoms with E-state index in [4.69, 9.17) is 17.3 Å². The van der Waals surface area contributed by atoms with E-state index in [1.54, 1.807) is 47.4 Å². The van der Waals surface area contributed by atoms with Crippen LogP contribution in [0.3, 0.4) is 0 Å². The van der Waals surface area contributed by atoms with E-state index in [1.165, 1.54) is 12.3 Å². The Morgan fingerprint density at radius 1 is 1.06 bits per heavy atom. The van der Waals surface area contributed by atoms with Crippen LogP contribution in [0.2, 0.25) is 5.02 Å². The van der Waals surface area contributed by atoms with Gasteiger partial charge in [0.1, 0.15) is 11.5 Å². The molecule has 3 heterocycles. The van der Waals surface area contributed by atoms with Crippen molar-refractivity contribution in [3.8, 4) is 0 Å². The molecule has 0 saturated carbocycles. The molecule has 2 aromatic carbocycles. The second-order valence-electron chi connectivity index (χ2n) is 7.50. The molecule has 0 spiro atoms. The Morgan fingerprint density at radius 3 is 2.55 bits per heavy atom. The molecule has 1 aliphatic rings. The molecule has 0 radical (unpaired) electrons. The molecular formula is C23H15ClF3N5O. The van der Waals surface area contributed by atoms with E-state index in [1.807, 2.05) is 0 Å². The van der Waals surface area contributed by atoms with Gasteiger partial charge in [-0.05, 0) is 54.1 Å². The number of nitrogens with zero attached hydrogens (tertiary/aromatic N) is 3. The van der Waals surface area contributed by atoms with Gasteiger partial charge in [0.25, 0.3) is 5.56 Å². The van der Waals surface area contributed by atoms with E-state index in [2.05, 4.69) is 15.0 Å². The molecule has 1 aliphatic heterocycles. The van der Waals surface area contributed by atoms with Crippen LogP contribution in [0, 0.1) is 0 Å². The molecule has 5 rings (SSSR count). The number of nitrogens with one attached hydrogen (secondary N) is 1. The fourth-order valence-corrected chi connectivity index (χ4v) is 3.94. The molecule has 6 nitrogen and oxygen atoms in total. The molecule has 0 bridgehead atoms. The Kier molecular flexibility index (Phi) is 4.86. The summed E-state index contributed by atoms with van der Waals surface area (Å²) in [7, 11) is 0. The van der Waals surface area contributed by atoms with Gasteiger partial charge in [0.2, 0.25) is 0 Å². The lowest BCUT2D eigenvalue weighted by molar-refractivity contribution is -0.141. The average Bonchev–Trinajstić information content (AvgIpc) is 2.79. The van der Waals surface area contributed by atoms with Gasteiger partial charge in [-0.1, -0.05) is 17.7 Å². The van der Waals surface area contributed by atoms with Crippen LogP contribution in [0.4, 0.5) is 24.7 Å². The summed E-state index contributed by atoms with van der Waals surface area (Å²) in [6.07, 6.45) is -3.41. The second kappa shape index (κ2) is 7.63. The number of anilines is 2. The Morgan fingerprint density at radius 2 is 1.82 bits per heavy atom. The monoisotopic (exact) mass is 469 g/mol. The van der Waals surface area contributed by atoms with Gasteiger partial charge in [-0.3, -0.25) is 4.79 Å². The number of H-pyrrole nitrogens is 1. The fraction of sp³-hybridized carbons (Fsp3) is 0.0870. The normalized spacial score (nSPS) is 14.0. The third-order valence-corrected chi connectivity index (χ3v) is 5.67. The van der Waals surface area contributed by atoms with Crippen molar-refractivity contribution in [2.75, 3.05) is 11.4 Å². The summed E-state index contributed by atoms with van der Waals surface area (Å²) in [5, 5.41) is 0.498. The number of aromatic amines is 1. The molecule has 0 amide bonds. The van der Waals surface area contributed by atoms with Crippen molar-refractivity contribution in [2.24, 2.45) is 5.73 Å². The molecule has 33 heavy (non-hydrogen) atoms. The summed E-state index contributed by atoms with van der Waals surface area (Å²) in [6.45, 7) is 0.170. The predicted octanol–water partition coefficient (Wildman–Crippen LogP) is 4.97. The van der Waals surface area contributed by atoms with Gasteiger partial charge < -0.3 is 15.6 Å². The maximum Gasteiger partial charge on any atom is 0.433 e. The van der Waals surface area contributed by atoms with Crippen molar-refractivity contribution in [1.29, 1.82) is 0 Å². The summed E-state index contributed by atoms with van der Waals surface area (Å²) in [5.74, 6) is 0.108. The number of rotatable bonds is 2. The third kappa shape index (κ3) is 3.80. The Balaban J connectivity index is 1.70. The molecule has 10 heteroatoms. The number of alkyl halides is 3. The molecule has 0 saturated heterocycles. The van der Waals surface area contributed by atoms with E-state index in [9.17, 15) is 18.0 Å². The molecule has 2 aromatic heterocycles. The van der Waals surface area contributed by atoms with Crippen LogP contribution in [0.15, 0.2) is 65.6 Å². The maximum atomic E-state index is 13.4. The molecule has 0 atom stereocenters. The summed E-state index contributed by atoms with van der Waals surface area (Å²) in [6, 6.07) is 14.2. The third-order valence-electron chi connectivity index (χ3n) is 5.42. The SMILES string of the molecule is NC1=C(c2ccc3[nH]c(=O)cnc3c2)CN(c2ccc(Cl)cc2)c2nc(C(F)(F)F)ccc21. The zero-order valence-electron chi connectivity index (χ0n) is 16.8.